The Bertz CT molecular complexity index is 300. The van der Waals surface area contributed by atoms with Gasteiger partial charge >= 0.3 is 0 Å². The van der Waals surface area contributed by atoms with Crippen LogP contribution in [0.4, 0.5) is 0 Å². The first-order valence-corrected chi connectivity index (χ1v) is 5.35. The normalized spacial score (nSPS) is 40.7. The molecule has 1 fully saturated rings. The van der Waals surface area contributed by atoms with Crippen LogP contribution in [0, 0.1) is 11.8 Å². The molecular formula is C13H18O. The molecule has 3 rings (SSSR count). The highest BCUT2D eigenvalue weighted by atomic mass is 16.3. The van der Waals surface area contributed by atoms with Crippen molar-refractivity contribution in [1.82, 2.24) is 0 Å². The van der Waals surface area contributed by atoms with E-state index in [1.54, 1.807) is 0 Å². The van der Waals surface area contributed by atoms with Crippen molar-refractivity contribution in [1.29, 1.82) is 0 Å². The average molecular weight is 190 g/mol. The van der Waals surface area contributed by atoms with Crippen molar-refractivity contribution in [3.63, 3.8) is 0 Å². The fraction of sp³-hybridized carbons (Fsp3) is 0.538. The summed E-state index contributed by atoms with van der Waals surface area (Å²) in [4.78, 5) is 0. The number of hydrogen-bond donors (Lipinski definition) is 1. The largest absolute Gasteiger partial charge is 0.385 e. The van der Waals surface area contributed by atoms with Crippen molar-refractivity contribution in [2.45, 2.75) is 31.8 Å². The molecule has 0 aromatic heterocycles. The Hall–Kier alpha value is -0.820. The summed E-state index contributed by atoms with van der Waals surface area (Å²) in [6, 6.07) is 0. The number of hydrogen-bond acceptors (Lipinski definition) is 1. The lowest BCUT2D eigenvalue weighted by molar-refractivity contribution is -0.00629. The fourth-order valence-corrected chi connectivity index (χ4v) is 2.51. The Morgan fingerprint density at radius 1 is 1.50 bits per heavy atom. The van der Waals surface area contributed by atoms with E-state index in [9.17, 15) is 5.11 Å². The van der Waals surface area contributed by atoms with Gasteiger partial charge in [-0.25, -0.2) is 0 Å². The summed E-state index contributed by atoms with van der Waals surface area (Å²) in [6.07, 6.45) is 11.6. The van der Waals surface area contributed by atoms with Crippen LogP contribution in [0.3, 0.4) is 0 Å². The highest BCUT2D eigenvalue weighted by molar-refractivity contribution is 5.23. The van der Waals surface area contributed by atoms with Gasteiger partial charge in [-0.15, -0.1) is 0 Å². The minimum Gasteiger partial charge on any atom is -0.385 e. The highest BCUT2D eigenvalue weighted by Crippen LogP contribution is 2.43. The van der Waals surface area contributed by atoms with Crippen molar-refractivity contribution < 1.29 is 5.11 Å². The Kier molecular flexibility index (Phi) is 2.36. The molecule has 3 aliphatic carbocycles. The lowest BCUT2D eigenvalue weighted by Crippen LogP contribution is -2.43. The molecule has 3 atom stereocenters. The first-order chi connectivity index (χ1) is 6.60. The van der Waals surface area contributed by atoms with Gasteiger partial charge in [-0.05, 0) is 32.1 Å². The molecule has 0 aliphatic heterocycles. The van der Waals surface area contributed by atoms with Gasteiger partial charge in [-0.1, -0.05) is 36.5 Å². The molecular weight excluding hydrogens is 172 g/mol. The maximum Gasteiger partial charge on any atom is 0.0898 e. The van der Waals surface area contributed by atoms with E-state index in [0.717, 1.165) is 18.4 Å². The summed E-state index contributed by atoms with van der Waals surface area (Å²) >= 11 is 0. The average Bonchev–Trinajstić information content (AvgIpc) is 2.16. The van der Waals surface area contributed by atoms with Crippen molar-refractivity contribution in [3.8, 4) is 0 Å². The zero-order valence-corrected chi connectivity index (χ0v) is 8.74. The van der Waals surface area contributed by atoms with Crippen molar-refractivity contribution >= 4 is 0 Å². The van der Waals surface area contributed by atoms with Crippen LogP contribution in [0.5, 0.6) is 0 Å². The maximum absolute atomic E-state index is 10.4. The van der Waals surface area contributed by atoms with E-state index in [0.29, 0.717) is 11.8 Å². The first kappa shape index (κ1) is 9.72. The summed E-state index contributed by atoms with van der Waals surface area (Å²) in [5, 5.41) is 10.4. The van der Waals surface area contributed by atoms with Gasteiger partial charge in [0.1, 0.15) is 0 Å². The lowest BCUT2D eigenvalue weighted by atomic mass is 9.66. The van der Waals surface area contributed by atoms with Crippen molar-refractivity contribution in [3.05, 3.63) is 36.5 Å². The highest BCUT2D eigenvalue weighted by Gasteiger charge is 2.41. The van der Waals surface area contributed by atoms with Gasteiger partial charge in [0.15, 0.2) is 0 Å². The first-order valence-electron chi connectivity index (χ1n) is 5.35. The molecule has 1 N–H and O–H groups in total. The van der Waals surface area contributed by atoms with Gasteiger partial charge in [-0.3, -0.25) is 0 Å². The molecule has 0 amide bonds. The van der Waals surface area contributed by atoms with Gasteiger partial charge in [0.2, 0.25) is 0 Å². The van der Waals surface area contributed by atoms with E-state index in [1.165, 1.54) is 6.42 Å². The van der Waals surface area contributed by atoms with Crippen LogP contribution in [0.25, 0.3) is 0 Å². The predicted molar refractivity (Wildman–Crippen MR) is 58.9 cm³/mol. The number of fused-ring (bicyclic) bond motifs is 2. The third kappa shape index (κ3) is 1.69. The molecule has 0 unspecified atom stereocenters. The molecule has 0 heterocycles. The summed E-state index contributed by atoms with van der Waals surface area (Å²) in [5.41, 5.74) is 0.403. The maximum atomic E-state index is 10.4. The van der Waals surface area contributed by atoms with Crippen molar-refractivity contribution in [2.24, 2.45) is 11.8 Å². The molecule has 0 radical (unpaired) electrons. The van der Waals surface area contributed by atoms with Gasteiger partial charge in [-0.2, -0.15) is 0 Å². The predicted octanol–water partition coefficient (Wildman–Crippen LogP) is 2.84. The van der Waals surface area contributed by atoms with Crippen molar-refractivity contribution in [2.75, 3.05) is 0 Å². The molecule has 2 bridgehead atoms. The summed E-state index contributed by atoms with van der Waals surface area (Å²) in [6.45, 7) is 5.77. The number of aliphatic hydroxyl groups is 1. The summed E-state index contributed by atoms with van der Waals surface area (Å²) < 4.78 is 0. The summed E-state index contributed by atoms with van der Waals surface area (Å²) in [5.74, 6) is 0.905. The molecule has 0 aromatic rings. The molecule has 76 valence electrons. The molecule has 14 heavy (non-hydrogen) atoms. The Balaban J connectivity index is 2.17. The molecule has 1 heteroatoms. The topological polar surface area (TPSA) is 20.2 Å². The van der Waals surface area contributed by atoms with Gasteiger partial charge < -0.3 is 5.11 Å². The van der Waals surface area contributed by atoms with Gasteiger partial charge in [0, 0.05) is 5.92 Å². The van der Waals surface area contributed by atoms with Crippen LogP contribution in [0.15, 0.2) is 36.5 Å². The molecule has 0 spiro atoms. The standard InChI is InChI=1S/C13H18O/c1-10(2)7-8-13(14)9-11-3-5-12(13)6-4-11/h3,5,7-8,11-12,14H,1,4,6,9H2,2H3/b8-7-/t11-,12+,13+/m0/s1. The van der Waals surface area contributed by atoms with E-state index in [-0.39, 0.29) is 0 Å². The summed E-state index contributed by atoms with van der Waals surface area (Å²) in [7, 11) is 0. The lowest BCUT2D eigenvalue weighted by Gasteiger charge is -2.43. The third-order valence-electron chi connectivity index (χ3n) is 3.35. The van der Waals surface area contributed by atoms with Crippen LogP contribution in [-0.2, 0) is 0 Å². The third-order valence-corrected chi connectivity index (χ3v) is 3.35. The SMILES string of the molecule is C=C(C)/C=C\[C@@]1(O)C[C@H]2C=C[C@@H]1CC2. The van der Waals surface area contributed by atoms with E-state index in [2.05, 4.69) is 18.7 Å². The Morgan fingerprint density at radius 3 is 2.71 bits per heavy atom. The number of allylic oxidation sites excluding steroid dienone is 3. The van der Waals surface area contributed by atoms with Gasteiger partial charge in [0.05, 0.1) is 5.60 Å². The second kappa shape index (κ2) is 3.39. The smallest absolute Gasteiger partial charge is 0.0898 e. The molecule has 0 saturated heterocycles. The second-order valence-electron chi connectivity index (χ2n) is 4.70. The molecule has 0 aromatic carbocycles. The quantitative estimate of drug-likeness (QED) is 0.524. The van der Waals surface area contributed by atoms with Crippen LogP contribution in [-0.4, -0.2) is 10.7 Å². The van der Waals surface area contributed by atoms with Crippen LogP contribution in [0.1, 0.15) is 26.2 Å². The van der Waals surface area contributed by atoms with E-state index in [4.69, 9.17) is 0 Å². The van der Waals surface area contributed by atoms with E-state index < -0.39 is 5.60 Å². The molecule has 1 nitrogen and oxygen atoms in total. The minimum absolute atomic E-state index is 0.322. The van der Waals surface area contributed by atoms with Crippen LogP contribution < -0.4 is 0 Å². The molecule has 1 saturated carbocycles. The fourth-order valence-electron chi connectivity index (χ4n) is 2.51. The minimum atomic E-state index is -0.601. The zero-order valence-electron chi connectivity index (χ0n) is 8.74. The Morgan fingerprint density at radius 2 is 2.29 bits per heavy atom. The van der Waals surface area contributed by atoms with Gasteiger partial charge in [0.25, 0.3) is 0 Å². The number of rotatable bonds is 2. The van der Waals surface area contributed by atoms with E-state index in [1.807, 2.05) is 19.1 Å². The van der Waals surface area contributed by atoms with Crippen LogP contribution >= 0.6 is 0 Å². The Labute approximate surface area is 85.8 Å². The zero-order chi connectivity index (χ0) is 10.2. The molecule has 3 aliphatic rings. The van der Waals surface area contributed by atoms with Crippen LogP contribution in [0.2, 0.25) is 0 Å². The second-order valence-corrected chi connectivity index (χ2v) is 4.70. The van der Waals surface area contributed by atoms with E-state index >= 15 is 0 Å². The monoisotopic (exact) mass is 190 g/mol.